The van der Waals surface area contributed by atoms with Gasteiger partial charge >= 0.3 is 6.18 Å². The van der Waals surface area contributed by atoms with Crippen molar-refractivity contribution in [2.75, 3.05) is 31.1 Å². The Morgan fingerprint density at radius 3 is 2.68 bits per heavy atom. The number of alkyl halides is 3. The second-order valence-electron chi connectivity index (χ2n) is 6.38. The van der Waals surface area contributed by atoms with Crippen LogP contribution in [0.15, 0.2) is 17.6 Å². The normalized spacial score (nSPS) is 15.9. The lowest BCUT2D eigenvalue weighted by Gasteiger charge is -2.22. The van der Waals surface area contributed by atoms with Crippen molar-refractivity contribution in [2.24, 2.45) is 0 Å². The summed E-state index contributed by atoms with van der Waals surface area (Å²) < 4.78 is 39.9. The molecule has 0 aromatic carbocycles. The van der Waals surface area contributed by atoms with Crippen molar-refractivity contribution >= 4 is 28.7 Å². The summed E-state index contributed by atoms with van der Waals surface area (Å²) in [6.45, 7) is 3.85. The maximum absolute atomic E-state index is 13.1. The molecule has 4 heterocycles. The fourth-order valence-electron chi connectivity index (χ4n) is 3.13. The first kappa shape index (κ1) is 18.6. The number of aromatic nitrogens is 5. The maximum atomic E-state index is 13.1. The summed E-state index contributed by atoms with van der Waals surface area (Å²) in [6, 6.07) is 3.08. The van der Waals surface area contributed by atoms with E-state index in [0.717, 1.165) is 0 Å². The van der Waals surface area contributed by atoms with E-state index >= 15 is 0 Å². The number of thiazole rings is 1. The van der Waals surface area contributed by atoms with Crippen LogP contribution in [0.5, 0.6) is 0 Å². The number of hydrogen-bond donors (Lipinski definition) is 0. The molecule has 1 amide bonds. The van der Waals surface area contributed by atoms with Gasteiger partial charge in [-0.3, -0.25) is 4.79 Å². The van der Waals surface area contributed by atoms with E-state index in [2.05, 4.69) is 20.3 Å². The van der Waals surface area contributed by atoms with Gasteiger partial charge in [-0.25, -0.2) is 4.98 Å². The van der Waals surface area contributed by atoms with Crippen molar-refractivity contribution in [1.82, 2.24) is 29.7 Å². The first-order valence-electron chi connectivity index (χ1n) is 8.58. The molecule has 0 bridgehead atoms. The summed E-state index contributed by atoms with van der Waals surface area (Å²) in [6.07, 6.45) is -3.96. The molecule has 1 saturated heterocycles. The second kappa shape index (κ2) is 7.00. The van der Waals surface area contributed by atoms with E-state index in [1.165, 1.54) is 17.4 Å². The number of carbonyl (C=O) groups is 1. The number of nitrogens with zero attached hydrogens (tertiary/aromatic N) is 7. The molecule has 0 radical (unpaired) electrons. The maximum Gasteiger partial charge on any atom is 0.453 e. The lowest BCUT2D eigenvalue weighted by molar-refractivity contribution is -0.146. The Hall–Kier alpha value is -2.76. The number of carbonyl (C=O) groups excluding carboxylic acids is 1. The van der Waals surface area contributed by atoms with Crippen LogP contribution in [0, 0.1) is 6.92 Å². The van der Waals surface area contributed by atoms with Crippen molar-refractivity contribution in [1.29, 1.82) is 0 Å². The summed E-state index contributed by atoms with van der Waals surface area (Å²) in [7, 11) is 0. The standard InChI is InChI=1S/C16H16F3N7OS/c1-10-13(28-9-20-10)14(27)25-6-2-5-24(7-8-25)12-4-3-11-21-22-15(16(17,18)19)26(11)23-12/h3-4,9H,2,5-8H2,1H3. The van der Waals surface area contributed by atoms with Gasteiger partial charge in [0, 0.05) is 26.2 Å². The average molecular weight is 411 g/mol. The summed E-state index contributed by atoms with van der Waals surface area (Å²) in [5.74, 6) is -0.832. The largest absolute Gasteiger partial charge is 0.453 e. The minimum Gasteiger partial charge on any atom is -0.353 e. The average Bonchev–Trinajstić information content (AvgIpc) is 3.19. The number of rotatable bonds is 2. The Balaban J connectivity index is 1.54. The fourth-order valence-corrected chi connectivity index (χ4v) is 3.89. The highest BCUT2D eigenvalue weighted by molar-refractivity contribution is 7.11. The molecule has 0 atom stereocenters. The molecule has 3 aromatic heterocycles. The quantitative estimate of drug-likeness (QED) is 0.644. The first-order valence-corrected chi connectivity index (χ1v) is 9.46. The van der Waals surface area contributed by atoms with Gasteiger partial charge in [-0.1, -0.05) is 0 Å². The molecule has 1 fully saturated rings. The van der Waals surface area contributed by atoms with Crippen LogP contribution in [0.1, 0.15) is 27.6 Å². The minimum absolute atomic E-state index is 0.0309. The number of fused-ring (bicyclic) bond motifs is 1. The van der Waals surface area contributed by atoms with E-state index in [-0.39, 0.29) is 11.6 Å². The van der Waals surface area contributed by atoms with E-state index in [1.807, 2.05) is 4.90 Å². The molecule has 28 heavy (non-hydrogen) atoms. The Kier molecular flexibility index (Phi) is 4.65. The van der Waals surface area contributed by atoms with Crippen molar-refractivity contribution in [2.45, 2.75) is 19.5 Å². The summed E-state index contributed by atoms with van der Waals surface area (Å²) >= 11 is 1.31. The molecule has 0 aliphatic carbocycles. The highest BCUT2D eigenvalue weighted by Crippen LogP contribution is 2.28. The molecule has 0 spiro atoms. The van der Waals surface area contributed by atoms with E-state index < -0.39 is 12.0 Å². The molecular formula is C16H16F3N7OS. The van der Waals surface area contributed by atoms with Gasteiger partial charge in [0.25, 0.3) is 11.7 Å². The van der Waals surface area contributed by atoms with Gasteiger partial charge in [-0.05, 0) is 25.5 Å². The second-order valence-corrected chi connectivity index (χ2v) is 7.24. The van der Waals surface area contributed by atoms with E-state index in [9.17, 15) is 18.0 Å². The zero-order valence-electron chi connectivity index (χ0n) is 14.8. The van der Waals surface area contributed by atoms with Crippen molar-refractivity contribution in [3.8, 4) is 0 Å². The molecule has 4 rings (SSSR count). The third kappa shape index (κ3) is 3.39. The van der Waals surface area contributed by atoms with E-state index in [0.29, 0.717) is 53.5 Å². The van der Waals surface area contributed by atoms with Gasteiger partial charge in [0.15, 0.2) is 5.65 Å². The van der Waals surface area contributed by atoms with E-state index in [1.54, 1.807) is 23.4 Å². The van der Waals surface area contributed by atoms with Gasteiger partial charge in [-0.2, -0.15) is 17.7 Å². The Labute approximate surface area is 161 Å². The Morgan fingerprint density at radius 2 is 1.96 bits per heavy atom. The van der Waals surface area contributed by atoms with Crippen LogP contribution in [-0.2, 0) is 6.18 Å². The Bertz CT molecular complexity index is 1020. The van der Waals surface area contributed by atoms with Crippen LogP contribution >= 0.6 is 11.3 Å². The lowest BCUT2D eigenvalue weighted by Crippen LogP contribution is -2.35. The van der Waals surface area contributed by atoms with Crippen molar-refractivity contribution in [3.05, 3.63) is 34.0 Å². The lowest BCUT2D eigenvalue weighted by atomic mass is 10.3. The molecule has 0 N–H and O–H groups in total. The van der Waals surface area contributed by atoms with Gasteiger partial charge in [0.1, 0.15) is 10.7 Å². The zero-order valence-corrected chi connectivity index (χ0v) is 15.7. The predicted octanol–water partition coefficient (Wildman–Crippen LogP) is 2.26. The molecule has 0 saturated carbocycles. The van der Waals surface area contributed by atoms with Crippen LogP contribution in [0.3, 0.4) is 0 Å². The monoisotopic (exact) mass is 411 g/mol. The molecule has 8 nitrogen and oxygen atoms in total. The van der Waals surface area contributed by atoms with Crippen molar-refractivity contribution < 1.29 is 18.0 Å². The van der Waals surface area contributed by atoms with Crippen LogP contribution < -0.4 is 4.90 Å². The molecule has 0 unspecified atom stereocenters. The highest BCUT2D eigenvalue weighted by atomic mass is 32.1. The van der Waals surface area contributed by atoms with Gasteiger partial charge < -0.3 is 9.80 Å². The SMILES string of the molecule is Cc1ncsc1C(=O)N1CCCN(c2ccc3nnc(C(F)(F)F)n3n2)CC1. The van der Waals surface area contributed by atoms with Crippen LogP contribution in [0.25, 0.3) is 5.65 Å². The smallest absolute Gasteiger partial charge is 0.353 e. The topological polar surface area (TPSA) is 79.5 Å². The zero-order chi connectivity index (χ0) is 19.9. The van der Waals surface area contributed by atoms with Gasteiger partial charge in [0.05, 0.1) is 11.2 Å². The van der Waals surface area contributed by atoms with Gasteiger partial charge in [-0.15, -0.1) is 26.6 Å². The third-order valence-corrected chi connectivity index (χ3v) is 5.47. The summed E-state index contributed by atoms with van der Waals surface area (Å²) in [5, 5.41) is 10.8. The Morgan fingerprint density at radius 1 is 1.14 bits per heavy atom. The number of aryl methyl sites for hydroxylation is 1. The van der Waals surface area contributed by atoms with Crippen LogP contribution in [0.2, 0.25) is 0 Å². The van der Waals surface area contributed by atoms with Crippen LogP contribution in [0.4, 0.5) is 19.0 Å². The number of amides is 1. The minimum atomic E-state index is -4.64. The predicted molar refractivity (Wildman–Crippen MR) is 95.4 cm³/mol. The molecule has 1 aliphatic heterocycles. The highest BCUT2D eigenvalue weighted by Gasteiger charge is 2.37. The number of halogens is 3. The summed E-state index contributed by atoms with van der Waals surface area (Å²) in [4.78, 5) is 21.0. The van der Waals surface area contributed by atoms with E-state index in [4.69, 9.17) is 0 Å². The first-order chi connectivity index (χ1) is 13.3. The molecular weight excluding hydrogens is 395 g/mol. The van der Waals surface area contributed by atoms with Crippen molar-refractivity contribution in [3.63, 3.8) is 0 Å². The molecule has 3 aromatic rings. The molecule has 1 aliphatic rings. The van der Waals surface area contributed by atoms with Crippen LogP contribution in [-0.4, -0.2) is 61.8 Å². The molecule has 148 valence electrons. The summed E-state index contributed by atoms with van der Waals surface area (Å²) in [5.41, 5.74) is 2.38. The fraction of sp³-hybridized carbons (Fsp3) is 0.438. The number of anilines is 1. The number of hydrogen-bond acceptors (Lipinski definition) is 7. The van der Waals surface area contributed by atoms with Gasteiger partial charge in [0.2, 0.25) is 0 Å². The third-order valence-electron chi connectivity index (χ3n) is 4.55. The molecule has 12 heteroatoms.